The molecule has 3 rings (SSSR count). The van der Waals surface area contributed by atoms with Crippen LogP contribution in [0, 0.1) is 29.6 Å². The van der Waals surface area contributed by atoms with Crippen LogP contribution in [0.15, 0.2) is 0 Å². The number of carbonyl (C=O) groups excluding carboxylic acids is 2. The molecule has 1 saturated heterocycles. The van der Waals surface area contributed by atoms with Crippen molar-refractivity contribution >= 4 is 11.9 Å². The molecule has 1 aliphatic heterocycles. The minimum absolute atomic E-state index is 0.101. The van der Waals surface area contributed by atoms with Crippen molar-refractivity contribution in [3.05, 3.63) is 0 Å². The molecule has 3 fully saturated rings. The normalized spacial score (nSPS) is 33.4. The maximum absolute atomic E-state index is 12.9. The number of hydrogen-bond acceptors (Lipinski definition) is 3. The third-order valence-electron chi connectivity index (χ3n) is 8.29. The van der Waals surface area contributed by atoms with Crippen LogP contribution in [0.4, 0.5) is 4.79 Å². The van der Waals surface area contributed by atoms with Crippen LogP contribution in [-0.4, -0.2) is 67.0 Å². The summed E-state index contributed by atoms with van der Waals surface area (Å²) in [6.45, 7) is 12.3. The van der Waals surface area contributed by atoms with Gasteiger partial charge in [0.2, 0.25) is 5.91 Å². The van der Waals surface area contributed by atoms with Crippen LogP contribution < -0.4 is 10.6 Å². The van der Waals surface area contributed by atoms with Crippen LogP contribution in [0.25, 0.3) is 0 Å². The lowest BCUT2D eigenvalue weighted by Crippen LogP contribution is -2.53. The Bertz CT molecular complexity index is 602. The van der Waals surface area contributed by atoms with Crippen LogP contribution in [0.3, 0.4) is 0 Å². The van der Waals surface area contributed by atoms with Crippen molar-refractivity contribution in [2.24, 2.45) is 29.6 Å². The first-order chi connectivity index (χ1) is 14.7. The fraction of sp³-hybridized carbons (Fsp3) is 0.920. The van der Waals surface area contributed by atoms with Crippen LogP contribution in [0.1, 0.15) is 72.6 Å². The molecule has 3 aliphatic rings. The highest BCUT2D eigenvalue weighted by atomic mass is 16.2. The highest BCUT2D eigenvalue weighted by molar-refractivity contribution is 5.74. The average Bonchev–Trinajstić information content (AvgIpc) is 3.16. The second-order valence-electron chi connectivity index (χ2n) is 11.2. The zero-order valence-electron chi connectivity index (χ0n) is 20.5. The molecule has 2 saturated carbocycles. The van der Waals surface area contributed by atoms with Gasteiger partial charge in [0.05, 0.1) is 0 Å². The maximum Gasteiger partial charge on any atom is 0.317 e. The number of amides is 3. The van der Waals surface area contributed by atoms with E-state index in [1.165, 1.54) is 19.3 Å². The number of hydrogen-bond donors (Lipinski definition) is 2. The molecule has 0 radical (unpaired) electrons. The Labute approximate surface area is 189 Å². The number of nitrogens with zero attached hydrogens (tertiary/aromatic N) is 2. The summed E-state index contributed by atoms with van der Waals surface area (Å²) in [5, 5.41) is 6.53. The quantitative estimate of drug-likeness (QED) is 0.670. The second-order valence-corrected chi connectivity index (χ2v) is 11.2. The molecule has 0 aromatic heterocycles. The molecule has 3 amide bonds. The van der Waals surface area contributed by atoms with E-state index in [4.69, 9.17) is 0 Å². The summed E-state index contributed by atoms with van der Waals surface area (Å²) in [5.41, 5.74) is 0. The van der Waals surface area contributed by atoms with Gasteiger partial charge in [0.1, 0.15) is 0 Å². The van der Waals surface area contributed by atoms with Crippen molar-refractivity contribution in [2.45, 2.75) is 84.7 Å². The predicted molar refractivity (Wildman–Crippen MR) is 126 cm³/mol. The van der Waals surface area contributed by atoms with Crippen LogP contribution in [0.5, 0.6) is 0 Å². The summed E-state index contributed by atoms with van der Waals surface area (Å²) in [6.07, 6.45) is 8.27. The van der Waals surface area contributed by atoms with Gasteiger partial charge in [-0.3, -0.25) is 4.79 Å². The van der Waals surface area contributed by atoms with Crippen LogP contribution >= 0.6 is 0 Å². The Morgan fingerprint density at radius 2 is 1.55 bits per heavy atom. The molecule has 0 spiro atoms. The third-order valence-corrected chi connectivity index (χ3v) is 8.29. The lowest BCUT2D eigenvalue weighted by Gasteiger charge is -2.40. The summed E-state index contributed by atoms with van der Waals surface area (Å²) in [6, 6.07) is 0.819. The molecule has 2 N–H and O–H groups in total. The van der Waals surface area contributed by atoms with Gasteiger partial charge in [0.15, 0.2) is 0 Å². The number of urea groups is 1. The zero-order chi connectivity index (χ0) is 22.5. The SMILES string of the molecule is CC(=O)NC1CCC(C(C)CC2CC(NC(=O)N3CCN(C)CC3)CC(C(C)C)C2)C1. The van der Waals surface area contributed by atoms with E-state index in [2.05, 4.69) is 43.4 Å². The predicted octanol–water partition coefficient (Wildman–Crippen LogP) is 3.72. The molecule has 6 atom stereocenters. The molecule has 0 bridgehead atoms. The first-order valence-electron chi connectivity index (χ1n) is 12.7. The summed E-state index contributed by atoms with van der Waals surface area (Å²) >= 11 is 0. The van der Waals surface area contributed by atoms with Crippen molar-refractivity contribution in [1.29, 1.82) is 0 Å². The van der Waals surface area contributed by atoms with E-state index >= 15 is 0 Å². The number of nitrogens with one attached hydrogen (secondary N) is 2. The standard InChI is InChI=1S/C25H46N4O2/c1-17(2)22-13-20(12-18(3)21-6-7-23(15-21)26-19(4)30)14-24(16-22)27-25(31)29-10-8-28(5)9-11-29/h17-18,20-24H,6-16H2,1-5H3,(H,26,30)(H,27,31). The zero-order valence-corrected chi connectivity index (χ0v) is 20.5. The fourth-order valence-electron chi connectivity index (χ4n) is 6.28. The molecule has 6 heteroatoms. The Hall–Kier alpha value is -1.30. The molecule has 178 valence electrons. The van der Waals surface area contributed by atoms with Crippen molar-refractivity contribution in [3.63, 3.8) is 0 Å². The molecule has 6 nitrogen and oxygen atoms in total. The van der Waals surface area contributed by atoms with E-state index in [9.17, 15) is 9.59 Å². The van der Waals surface area contributed by atoms with Crippen molar-refractivity contribution in [2.75, 3.05) is 33.2 Å². The molecule has 2 aliphatic carbocycles. The highest BCUT2D eigenvalue weighted by Gasteiger charge is 2.35. The summed E-state index contributed by atoms with van der Waals surface area (Å²) in [4.78, 5) is 28.6. The van der Waals surface area contributed by atoms with Gasteiger partial charge in [0, 0.05) is 45.2 Å². The third kappa shape index (κ3) is 7.10. The molecule has 6 unspecified atom stereocenters. The topological polar surface area (TPSA) is 64.7 Å². The van der Waals surface area contributed by atoms with Crippen LogP contribution in [-0.2, 0) is 4.79 Å². The Kier molecular flexibility index (Phi) is 8.65. The highest BCUT2D eigenvalue weighted by Crippen LogP contribution is 2.41. The molecule has 31 heavy (non-hydrogen) atoms. The summed E-state index contributed by atoms with van der Waals surface area (Å²) < 4.78 is 0. The molecule has 0 aromatic carbocycles. The van der Waals surface area contributed by atoms with Gasteiger partial charge >= 0.3 is 6.03 Å². The number of rotatable bonds is 6. The minimum atomic E-state index is 0.101. The van der Waals surface area contributed by atoms with Gasteiger partial charge < -0.3 is 20.4 Å². The maximum atomic E-state index is 12.9. The van der Waals surface area contributed by atoms with E-state index in [0.717, 1.165) is 57.8 Å². The Balaban J connectivity index is 1.52. The fourth-order valence-corrected chi connectivity index (χ4v) is 6.28. The molecular weight excluding hydrogens is 388 g/mol. The first-order valence-corrected chi connectivity index (χ1v) is 12.7. The largest absolute Gasteiger partial charge is 0.354 e. The van der Waals surface area contributed by atoms with Gasteiger partial charge in [-0.2, -0.15) is 0 Å². The lowest BCUT2D eigenvalue weighted by molar-refractivity contribution is -0.119. The number of piperazine rings is 1. The van der Waals surface area contributed by atoms with E-state index in [0.29, 0.717) is 35.8 Å². The molecule has 1 heterocycles. The van der Waals surface area contributed by atoms with Gasteiger partial charge in [-0.25, -0.2) is 4.79 Å². The Morgan fingerprint density at radius 1 is 0.871 bits per heavy atom. The second kappa shape index (κ2) is 11.0. The van der Waals surface area contributed by atoms with Gasteiger partial charge in [-0.05, 0) is 81.6 Å². The van der Waals surface area contributed by atoms with Gasteiger partial charge in [-0.15, -0.1) is 0 Å². The monoisotopic (exact) mass is 434 g/mol. The smallest absolute Gasteiger partial charge is 0.317 e. The van der Waals surface area contributed by atoms with E-state index in [1.54, 1.807) is 6.92 Å². The minimum Gasteiger partial charge on any atom is -0.354 e. The van der Waals surface area contributed by atoms with Crippen molar-refractivity contribution in [1.82, 2.24) is 20.4 Å². The van der Waals surface area contributed by atoms with E-state index < -0.39 is 0 Å². The van der Waals surface area contributed by atoms with E-state index in [1.807, 2.05) is 4.90 Å². The van der Waals surface area contributed by atoms with Gasteiger partial charge in [0.25, 0.3) is 0 Å². The number of carbonyl (C=O) groups is 2. The van der Waals surface area contributed by atoms with Gasteiger partial charge in [-0.1, -0.05) is 20.8 Å². The van der Waals surface area contributed by atoms with Crippen LogP contribution in [0.2, 0.25) is 0 Å². The Morgan fingerprint density at radius 3 is 2.19 bits per heavy atom. The van der Waals surface area contributed by atoms with Crippen molar-refractivity contribution < 1.29 is 9.59 Å². The van der Waals surface area contributed by atoms with E-state index in [-0.39, 0.29) is 11.9 Å². The summed E-state index contributed by atoms with van der Waals surface area (Å²) in [5.74, 6) is 3.55. The number of likely N-dealkylation sites (N-methyl/N-ethyl adjacent to an activating group) is 1. The lowest BCUT2D eigenvalue weighted by atomic mass is 9.70. The molecular formula is C25H46N4O2. The van der Waals surface area contributed by atoms with Crippen molar-refractivity contribution in [3.8, 4) is 0 Å². The summed E-state index contributed by atoms with van der Waals surface area (Å²) in [7, 11) is 2.12. The molecule has 0 aromatic rings. The average molecular weight is 435 g/mol. The first kappa shape index (κ1) is 24.3.